The van der Waals surface area contributed by atoms with Gasteiger partial charge in [0.15, 0.2) is 0 Å². The summed E-state index contributed by atoms with van der Waals surface area (Å²) in [5, 5.41) is 12.5. The van der Waals surface area contributed by atoms with E-state index < -0.39 is 0 Å². The maximum atomic E-state index is 9.01. The predicted octanol–water partition coefficient (Wildman–Crippen LogP) is 4.66. The van der Waals surface area contributed by atoms with Crippen LogP contribution in [0.25, 0.3) is 0 Å². The molecule has 2 aromatic carbocycles. The first-order valence-electron chi connectivity index (χ1n) is 6.85. The van der Waals surface area contributed by atoms with Gasteiger partial charge in [0.05, 0.1) is 11.6 Å². The lowest BCUT2D eigenvalue weighted by molar-refractivity contribution is 0.870. The lowest BCUT2D eigenvalue weighted by atomic mass is 9.99. The summed E-state index contributed by atoms with van der Waals surface area (Å²) >= 11 is 0. The molecule has 0 saturated heterocycles. The van der Waals surface area contributed by atoms with E-state index in [-0.39, 0.29) is 6.04 Å². The van der Waals surface area contributed by atoms with Crippen molar-refractivity contribution in [1.82, 2.24) is 0 Å². The Hall–Kier alpha value is -2.27. The molecule has 20 heavy (non-hydrogen) atoms. The summed E-state index contributed by atoms with van der Waals surface area (Å²) in [6, 6.07) is 14.7. The van der Waals surface area contributed by atoms with Crippen molar-refractivity contribution >= 4 is 5.69 Å². The summed E-state index contributed by atoms with van der Waals surface area (Å²) in [7, 11) is 0. The molecule has 0 aromatic heterocycles. The van der Waals surface area contributed by atoms with Crippen LogP contribution in [-0.4, -0.2) is 0 Å². The van der Waals surface area contributed by atoms with Crippen molar-refractivity contribution in [1.29, 1.82) is 5.26 Å². The quantitative estimate of drug-likeness (QED) is 0.875. The van der Waals surface area contributed by atoms with Gasteiger partial charge in [-0.15, -0.1) is 0 Å². The van der Waals surface area contributed by atoms with Crippen molar-refractivity contribution < 1.29 is 0 Å². The second-order valence-electron chi connectivity index (χ2n) is 5.37. The summed E-state index contributed by atoms with van der Waals surface area (Å²) in [6.07, 6.45) is 0. The summed E-state index contributed by atoms with van der Waals surface area (Å²) in [5.74, 6) is 0. The minimum atomic E-state index is 0.211. The molecule has 1 N–H and O–H groups in total. The zero-order valence-corrected chi connectivity index (χ0v) is 12.5. The molecule has 2 nitrogen and oxygen atoms in total. The van der Waals surface area contributed by atoms with Crippen LogP contribution in [0, 0.1) is 32.1 Å². The Morgan fingerprint density at radius 3 is 2.40 bits per heavy atom. The molecule has 1 atom stereocenters. The molecule has 0 bridgehead atoms. The van der Waals surface area contributed by atoms with E-state index in [1.807, 2.05) is 18.2 Å². The van der Waals surface area contributed by atoms with E-state index in [0.717, 1.165) is 11.3 Å². The minimum Gasteiger partial charge on any atom is -0.378 e. The van der Waals surface area contributed by atoms with Crippen LogP contribution < -0.4 is 5.32 Å². The Labute approximate surface area is 121 Å². The monoisotopic (exact) mass is 264 g/mol. The van der Waals surface area contributed by atoms with Crippen LogP contribution in [0.2, 0.25) is 0 Å². The standard InChI is InChI=1S/C18H20N2/c1-12-5-6-13(2)17(9-12)15(4)20-18-10-16(11-19)8-7-14(18)3/h5-10,15,20H,1-4H3. The Balaban J connectivity index is 2.30. The maximum Gasteiger partial charge on any atom is 0.0992 e. The highest BCUT2D eigenvalue weighted by Gasteiger charge is 2.10. The fourth-order valence-corrected chi connectivity index (χ4v) is 2.38. The molecule has 0 heterocycles. The van der Waals surface area contributed by atoms with E-state index in [1.54, 1.807) is 0 Å². The Morgan fingerprint density at radius 1 is 1.00 bits per heavy atom. The lowest BCUT2D eigenvalue weighted by Crippen LogP contribution is -2.09. The van der Waals surface area contributed by atoms with Gasteiger partial charge in [-0.2, -0.15) is 5.26 Å². The highest BCUT2D eigenvalue weighted by atomic mass is 14.9. The molecule has 0 aliphatic rings. The summed E-state index contributed by atoms with van der Waals surface area (Å²) < 4.78 is 0. The smallest absolute Gasteiger partial charge is 0.0992 e. The third-order valence-corrected chi connectivity index (χ3v) is 3.64. The van der Waals surface area contributed by atoms with Crippen LogP contribution in [0.4, 0.5) is 5.69 Å². The first-order valence-corrected chi connectivity index (χ1v) is 6.85. The van der Waals surface area contributed by atoms with Gasteiger partial charge in [-0.25, -0.2) is 0 Å². The van der Waals surface area contributed by atoms with Crippen molar-refractivity contribution in [2.24, 2.45) is 0 Å². The first kappa shape index (κ1) is 14.1. The average Bonchev–Trinajstić information content (AvgIpc) is 2.43. The Morgan fingerprint density at radius 2 is 1.70 bits per heavy atom. The molecular weight excluding hydrogens is 244 g/mol. The molecular formula is C18H20N2. The molecule has 2 aromatic rings. The molecule has 0 amide bonds. The molecule has 0 saturated carbocycles. The second kappa shape index (κ2) is 5.79. The van der Waals surface area contributed by atoms with E-state index in [4.69, 9.17) is 5.26 Å². The van der Waals surface area contributed by atoms with Crippen molar-refractivity contribution in [3.8, 4) is 6.07 Å². The van der Waals surface area contributed by atoms with Crippen LogP contribution in [0.5, 0.6) is 0 Å². The van der Waals surface area contributed by atoms with E-state index in [1.165, 1.54) is 16.7 Å². The highest BCUT2D eigenvalue weighted by Crippen LogP contribution is 2.25. The maximum absolute atomic E-state index is 9.01. The van der Waals surface area contributed by atoms with Crippen molar-refractivity contribution in [3.63, 3.8) is 0 Å². The minimum absolute atomic E-state index is 0.211. The number of rotatable bonds is 3. The number of nitrogens with zero attached hydrogens (tertiary/aromatic N) is 1. The topological polar surface area (TPSA) is 35.8 Å². The van der Waals surface area contributed by atoms with Gasteiger partial charge in [-0.3, -0.25) is 0 Å². The SMILES string of the molecule is Cc1ccc(C)c(C(C)Nc2cc(C#N)ccc2C)c1. The van der Waals surface area contributed by atoms with Crippen LogP contribution >= 0.6 is 0 Å². The van der Waals surface area contributed by atoms with Crippen LogP contribution in [0.3, 0.4) is 0 Å². The second-order valence-corrected chi connectivity index (χ2v) is 5.37. The van der Waals surface area contributed by atoms with Crippen molar-refractivity contribution in [3.05, 3.63) is 64.2 Å². The largest absolute Gasteiger partial charge is 0.378 e. The van der Waals surface area contributed by atoms with E-state index >= 15 is 0 Å². The molecule has 2 heteroatoms. The van der Waals surface area contributed by atoms with E-state index in [2.05, 4.69) is 57.3 Å². The van der Waals surface area contributed by atoms with Crippen LogP contribution in [0.1, 0.15) is 40.8 Å². The van der Waals surface area contributed by atoms with Gasteiger partial charge in [-0.05, 0) is 56.5 Å². The van der Waals surface area contributed by atoms with Gasteiger partial charge >= 0.3 is 0 Å². The Kier molecular flexibility index (Phi) is 4.10. The third kappa shape index (κ3) is 3.00. The molecule has 0 spiro atoms. The molecule has 0 aliphatic heterocycles. The van der Waals surface area contributed by atoms with E-state index in [9.17, 15) is 0 Å². The zero-order valence-electron chi connectivity index (χ0n) is 12.5. The highest BCUT2D eigenvalue weighted by molar-refractivity contribution is 5.56. The van der Waals surface area contributed by atoms with Crippen LogP contribution in [0.15, 0.2) is 36.4 Å². The number of nitriles is 1. The molecule has 0 radical (unpaired) electrons. The van der Waals surface area contributed by atoms with Crippen LogP contribution in [-0.2, 0) is 0 Å². The van der Waals surface area contributed by atoms with E-state index in [0.29, 0.717) is 5.56 Å². The molecule has 0 fully saturated rings. The molecule has 0 aliphatic carbocycles. The summed E-state index contributed by atoms with van der Waals surface area (Å²) in [5.41, 5.74) is 6.71. The van der Waals surface area contributed by atoms with Crippen molar-refractivity contribution in [2.45, 2.75) is 33.7 Å². The van der Waals surface area contributed by atoms with Gasteiger partial charge in [-0.1, -0.05) is 29.8 Å². The Bertz CT molecular complexity index is 666. The number of anilines is 1. The van der Waals surface area contributed by atoms with Gasteiger partial charge in [0.2, 0.25) is 0 Å². The number of benzene rings is 2. The number of nitrogens with one attached hydrogen (secondary N) is 1. The fraction of sp³-hybridized carbons (Fsp3) is 0.278. The number of hydrogen-bond acceptors (Lipinski definition) is 2. The average molecular weight is 264 g/mol. The first-order chi connectivity index (χ1) is 9.51. The van der Waals surface area contributed by atoms with Gasteiger partial charge in [0, 0.05) is 11.7 Å². The summed E-state index contributed by atoms with van der Waals surface area (Å²) in [6.45, 7) is 8.45. The number of aryl methyl sites for hydroxylation is 3. The molecule has 1 unspecified atom stereocenters. The fourth-order valence-electron chi connectivity index (χ4n) is 2.38. The van der Waals surface area contributed by atoms with Gasteiger partial charge < -0.3 is 5.32 Å². The lowest BCUT2D eigenvalue weighted by Gasteiger charge is -2.20. The van der Waals surface area contributed by atoms with Gasteiger partial charge in [0.1, 0.15) is 0 Å². The molecule has 102 valence electrons. The van der Waals surface area contributed by atoms with Gasteiger partial charge in [0.25, 0.3) is 0 Å². The number of hydrogen-bond donors (Lipinski definition) is 1. The normalized spacial score (nSPS) is 11.8. The van der Waals surface area contributed by atoms with Crippen molar-refractivity contribution in [2.75, 3.05) is 5.32 Å². The third-order valence-electron chi connectivity index (χ3n) is 3.64. The predicted molar refractivity (Wildman–Crippen MR) is 83.8 cm³/mol. The zero-order chi connectivity index (χ0) is 14.7. The summed E-state index contributed by atoms with van der Waals surface area (Å²) in [4.78, 5) is 0. The molecule has 2 rings (SSSR count).